The summed E-state index contributed by atoms with van der Waals surface area (Å²) in [5.74, 6) is 0. The first kappa shape index (κ1) is 14.9. The molecule has 0 fully saturated rings. The Morgan fingerprint density at radius 3 is 2.44 bits per heavy atom. The lowest BCUT2D eigenvalue weighted by Gasteiger charge is -2.20. The van der Waals surface area contributed by atoms with Crippen LogP contribution < -0.4 is 14.8 Å². The topological polar surface area (TPSA) is 84.7 Å². The average Bonchev–Trinajstić information content (AvgIpc) is 2.38. The van der Waals surface area contributed by atoms with E-state index in [4.69, 9.17) is 10.5 Å². The van der Waals surface area contributed by atoms with E-state index in [2.05, 4.69) is 4.72 Å². The quantitative estimate of drug-likeness (QED) is 0.688. The Labute approximate surface area is 108 Å². The zero-order valence-electron chi connectivity index (χ0n) is 10.6. The molecule has 0 amide bonds. The lowest BCUT2D eigenvalue weighted by Crippen LogP contribution is -2.39. The summed E-state index contributed by atoms with van der Waals surface area (Å²) in [5, 5.41) is 0. The van der Waals surface area contributed by atoms with Gasteiger partial charge < -0.3 is 10.5 Å². The van der Waals surface area contributed by atoms with Gasteiger partial charge in [-0.05, 0) is 17.7 Å². The van der Waals surface area contributed by atoms with Crippen LogP contribution in [0.3, 0.4) is 0 Å². The number of nitrogens with one attached hydrogen (secondary N) is 1. The summed E-state index contributed by atoms with van der Waals surface area (Å²) >= 11 is 0. The van der Waals surface area contributed by atoms with E-state index in [9.17, 15) is 8.42 Å². The Kier molecular flexibility index (Phi) is 5.54. The van der Waals surface area contributed by atoms with Gasteiger partial charge in [-0.15, -0.1) is 0 Å². The van der Waals surface area contributed by atoms with E-state index in [-0.39, 0.29) is 6.54 Å². The first-order valence-electron chi connectivity index (χ1n) is 5.52. The lowest BCUT2D eigenvalue weighted by atomic mass is 10.2. The number of benzene rings is 1. The summed E-state index contributed by atoms with van der Waals surface area (Å²) in [4.78, 5) is 0. The fraction of sp³-hybridized carbons (Fsp3) is 0.455. The molecule has 7 heteroatoms. The Hall–Kier alpha value is -1.15. The number of ether oxygens (including phenoxy) is 1. The molecule has 6 nitrogen and oxygen atoms in total. The molecule has 3 N–H and O–H groups in total. The van der Waals surface area contributed by atoms with Gasteiger partial charge in [0.05, 0.1) is 12.3 Å². The van der Waals surface area contributed by atoms with Crippen molar-refractivity contribution in [3.8, 4) is 0 Å². The van der Waals surface area contributed by atoms with Crippen molar-refractivity contribution in [2.24, 2.45) is 5.73 Å². The second-order valence-electron chi connectivity index (χ2n) is 3.73. The predicted molar refractivity (Wildman–Crippen MR) is 71.5 cm³/mol. The van der Waals surface area contributed by atoms with Gasteiger partial charge in [-0.3, -0.25) is 4.31 Å². The minimum Gasteiger partial charge on any atom is -0.383 e. The van der Waals surface area contributed by atoms with Crippen molar-refractivity contribution in [2.75, 3.05) is 31.6 Å². The van der Waals surface area contributed by atoms with Gasteiger partial charge in [0.2, 0.25) is 0 Å². The maximum Gasteiger partial charge on any atom is 0.301 e. The van der Waals surface area contributed by atoms with E-state index in [1.807, 2.05) is 0 Å². The number of methoxy groups -OCH3 is 1. The highest BCUT2D eigenvalue weighted by Gasteiger charge is 2.17. The summed E-state index contributed by atoms with van der Waals surface area (Å²) < 4.78 is 32.2. The summed E-state index contributed by atoms with van der Waals surface area (Å²) in [6.45, 7) is 1.01. The van der Waals surface area contributed by atoms with Crippen LogP contribution in [0.1, 0.15) is 5.56 Å². The number of rotatable bonds is 7. The number of nitrogens with two attached hydrogens (primary N) is 1. The van der Waals surface area contributed by atoms with Crippen molar-refractivity contribution < 1.29 is 13.2 Å². The van der Waals surface area contributed by atoms with Crippen LogP contribution in [0.15, 0.2) is 24.3 Å². The molecule has 0 atom stereocenters. The Balaban J connectivity index is 2.75. The number of nitrogens with zero attached hydrogens (tertiary/aromatic N) is 1. The van der Waals surface area contributed by atoms with Crippen molar-refractivity contribution >= 4 is 15.9 Å². The first-order valence-corrected chi connectivity index (χ1v) is 6.96. The molecule has 0 saturated heterocycles. The molecule has 0 bridgehead atoms. The lowest BCUT2D eigenvalue weighted by molar-refractivity contribution is 0.204. The van der Waals surface area contributed by atoms with Crippen LogP contribution in [0.5, 0.6) is 0 Å². The van der Waals surface area contributed by atoms with Gasteiger partial charge in [0, 0.05) is 27.2 Å². The normalized spacial score (nSPS) is 11.5. The molecule has 1 aromatic carbocycles. The van der Waals surface area contributed by atoms with E-state index in [1.165, 1.54) is 18.5 Å². The molecule has 0 aromatic heterocycles. The number of hydrogen-bond donors (Lipinski definition) is 2. The zero-order valence-corrected chi connectivity index (χ0v) is 11.4. The van der Waals surface area contributed by atoms with Crippen molar-refractivity contribution in [3.05, 3.63) is 29.8 Å². The van der Waals surface area contributed by atoms with E-state index < -0.39 is 10.2 Å². The maximum atomic E-state index is 11.9. The molecule has 0 radical (unpaired) electrons. The third kappa shape index (κ3) is 3.95. The van der Waals surface area contributed by atoms with Crippen LogP contribution >= 0.6 is 0 Å². The van der Waals surface area contributed by atoms with Crippen LogP contribution in [-0.4, -0.2) is 35.7 Å². The van der Waals surface area contributed by atoms with Gasteiger partial charge in [0.25, 0.3) is 0 Å². The van der Waals surface area contributed by atoms with Crippen LogP contribution in [-0.2, 0) is 21.5 Å². The number of hydrogen-bond acceptors (Lipinski definition) is 4. The summed E-state index contributed by atoms with van der Waals surface area (Å²) in [6, 6.07) is 7.04. The second-order valence-corrected chi connectivity index (χ2v) is 5.52. The predicted octanol–water partition coefficient (Wildman–Crippen LogP) is 0.0623. The van der Waals surface area contributed by atoms with Crippen LogP contribution in [0.25, 0.3) is 0 Å². The maximum absolute atomic E-state index is 11.9. The Bertz CT molecular complexity index is 459. The standard InChI is InChI=1S/C11H19N3O3S/c1-14(18(15,16)13-7-8-17-2)11-5-3-10(9-12)4-6-11/h3-6,13H,7-9,12H2,1-2H3. The molecule has 0 aliphatic heterocycles. The minimum atomic E-state index is -3.53. The molecular weight excluding hydrogens is 254 g/mol. The largest absolute Gasteiger partial charge is 0.383 e. The van der Waals surface area contributed by atoms with Crippen LogP contribution in [0.4, 0.5) is 5.69 Å². The Morgan fingerprint density at radius 1 is 1.33 bits per heavy atom. The molecule has 1 rings (SSSR count). The SMILES string of the molecule is COCCNS(=O)(=O)N(C)c1ccc(CN)cc1. The minimum absolute atomic E-state index is 0.240. The van der Waals surface area contributed by atoms with Gasteiger partial charge in [0.15, 0.2) is 0 Å². The van der Waals surface area contributed by atoms with Crippen LogP contribution in [0.2, 0.25) is 0 Å². The molecule has 0 aliphatic carbocycles. The fourth-order valence-electron chi connectivity index (χ4n) is 1.35. The molecule has 0 spiro atoms. The van der Waals surface area contributed by atoms with Crippen molar-refractivity contribution in [3.63, 3.8) is 0 Å². The van der Waals surface area contributed by atoms with Gasteiger partial charge >= 0.3 is 10.2 Å². The van der Waals surface area contributed by atoms with E-state index >= 15 is 0 Å². The van der Waals surface area contributed by atoms with E-state index in [0.717, 1.165) is 5.56 Å². The molecule has 1 aromatic rings. The first-order chi connectivity index (χ1) is 8.51. The third-order valence-electron chi connectivity index (χ3n) is 2.49. The van der Waals surface area contributed by atoms with Gasteiger partial charge in [0.1, 0.15) is 0 Å². The molecule has 0 heterocycles. The van der Waals surface area contributed by atoms with Crippen molar-refractivity contribution in [1.29, 1.82) is 0 Å². The summed E-state index contributed by atoms with van der Waals surface area (Å²) in [5.41, 5.74) is 7.02. The average molecular weight is 273 g/mol. The van der Waals surface area contributed by atoms with Gasteiger partial charge in [-0.25, -0.2) is 0 Å². The smallest absolute Gasteiger partial charge is 0.301 e. The molecule has 18 heavy (non-hydrogen) atoms. The third-order valence-corrected chi connectivity index (χ3v) is 3.99. The molecular formula is C11H19N3O3S. The molecule has 0 saturated carbocycles. The van der Waals surface area contributed by atoms with Gasteiger partial charge in [-0.2, -0.15) is 13.1 Å². The van der Waals surface area contributed by atoms with E-state index in [0.29, 0.717) is 18.8 Å². The molecule has 0 aliphatic rings. The number of anilines is 1. The van der Waals surface area contributed by atoms with Crippen molar-refractivity contribution in [2.45, 2.75) is 6.54 Å². The highest BCUT2D eigenvalue weighted by molar-refractivity contribution is 7.90. The van der Waals surface area contributed by atoms with E-state index in [1.54, 1.807) is 24.3 Å². The highest BCUT2D eigenvalue weighted by Crippen LogP contribution is 2.15. The van der Waals surface area contributed by atoms with Crippen LogP contribution in [0, 0.1) is 0 Å². The van der Waals surface area contributed by atoms with Crippen molar-refractivity contribution in [1.82, 2.24) is 4.72 Å². The fourth-order valence-corrected chi connectivity index (χ4v) is 2.28. The zero-order chi connectivity index (χ0) is 13.6. The Morgan fingerprint density at radius 2 is 1.94 bits per heavy atom. The molecule has 0 unspecified atom stereocenters. The molecule has 102 valence electrons. The second kappa shape index (κ2) is 6.69. The highest BCUT2D eigenvalue weighted by atomic mass is 32.2. The summed E-state index contributed by atoms with van der Waals surface area (Å²) in [7, 11) is -0.523. The van der Waals surface area contributed by atoms with Gasteiger partial charge in [-0.1, -0.05) is 12.1 Å². The summed E-state index contributed by atoms with van der Waals surface area (Å²) in [6.07, 6.45) is 0. The monoisotopic (exact) mass is 273 g/mol.